The summed E-state index contributed by atoms with van der Waals surface area (Å²) in [7, 11) is 0. The van der Waals surface area contributed by atoms with Gasteiger partial charge in [-0.25, -0.2) is 4.98 Å². The van der Waals surface area contributed by atoms with Crippen molar-refractivity contribution in [3.63, 3.8) is 0 Å². The average molecular weight is 361 g/mol. The molecule has 0 spiro atoms. The van der Waals surface area contributed by atoms with Crippen LogP contribution in [0, 0.1) is 6.92 Å². The van der Waals surface area contributed by atoms with E-state index in [0.29, 0.717) is 25.2 Å². The minimum Gasteiger partial charge on any atom is -0.459 e. The lowest BCUT2D eigenvalue weighted by Gasteiger charge is -2.15. The first kappa shape index (κ1) is 17.0. The Kier molecular flexibility index (Phi) is 4.46. The van der Waals surface area contributed by atoms with Crippen LogP contribution in [0.5, 0.6) is 0 Å². The summed E-state index contributed by atoms with van der Waals surface area (Å²) in [5.41, 5.74) is 3.66. The Balaban J connectivity index is 1.40. The smallest absolute Gasteiger partial charge is 0.244 e. The highest BCUT2D eigenvalue weighted by atomic mass is 16.3. The highest BCUT2D eigenvalue weighted by molar-refractivity contribution is 5.94. The van der Waals surface area contributed by atoms with E-state index in [0.717, 1.165) is 33.4 Å². The van der Waals surface area contributed by atoms with Crippen molar-refractivity contribution in [3.8, 4) is 0 Å². The molecular weight excluding hydrogens is 342 g/mol. The highest BCUT2D eigenvalue weighted by Gasteiger charge is 2.15. The zero-order valence-electron chi connectivity index (χ0n) is 14.9. The van der Waals surface area contributed by atoms with Crippen molar-refractivity contribution in [2.24, 2.45) is 0 Å². The number of aryl methyl sites for hydroxylation is 2. The third kappa shape index (κ3) is 3.60. The summed E-state index contributed by atoms with van der Waals surface area (Å²) in [5.74, 6) is 1.14. The maximum absolute atomic E-state index is 12.1. The summed E-state index contributed by atoms with van der Waals surface area (Å²) in [6.07, 6.45) is 5.94. The Morgan fingerprint density at radius 1 is 1.33 bits per heavy atom. The van der Waals surface area contributed by atoms with Gasteiger partial charge in [0, 0.05) is 29.6 Å². The van der Waals surface area contributed by atoms with Gasteiger partial charge in [-0.05, 0) is 42.7 Å². The van der Waals surface area contributed by atoms with Crippen molar-refractivity contribution in [2.75, 3.05) is 5.32 Å². The molecule has 0 saturated heterocycles. The average Bonchev–Trinajstić information content (AvgIpc) is 3.00. The van der Waals surface area contributed by atoms with Crippen LogP contribution in [0.2, 0.25) is 0 Å². The van der Waals surface area contributed by atoms with E-state index in [1.165, 1.54) is 6.08 Å². The van der Waals surface area contributed by atoms with Gasteiger partial charge in [-0.2, -0.15) is 0 Å². The second kappa shape index (κ2) is 7.07. The van der Waals surface area contributed by atoms with Gasteiger partial charge in [-0.1, -0.05) is 18.2 Å². The standard InChI is InChI=1S/C21H19N3O3/c1-13-16-4-2-3-5-17(16)27-18(13)12-22-19(25)8-6-14-10-15-7-9-20(26)24-21(15)23-11-14/h2-6,8,10-11H,7,9,12H2,1H3,(H,22,25)(H,23,24,26)/b8-6+. The molecule has 3 heterocycles. The summed E-state index contributed by atoms with van der Waals surface area (Å²) in [6, 6.07) is 9.75. The van der Waals surface area contributed by atoms with E-state index < -0.39 is 0 Å². The first-order valence-electron chi connectivity index (χ1n) is 8.82. The van der Waals surface area contributed by atoms with Crippen molar-refractivity contribution >= 4 is 34.7 Å². The third-order valence-corrected chi connectivity index (χ3v) is 4.66. The first-order chi connectivity index (χ1) is 13.1. The number of rotatable bonds is 4. The van der Waals surface area contributed by atoms with Gasteiger partial charge in [0.25, 0.3) is 0 Å². The molecule has 2 aromatic heterocycles. The molecule has 0 fully saturated rings. The molecule has 0 atom stereocenters. The quantitative estimate of drug-likeness (QED) is 0.698. The Hall–Kier alpha value is -3.41. The van der Waals surface area contributed by atoms with Crippen LogP contribution in [0.1, 0.15) is 28.9 Å². The minimum absolute atomic E-state index is 0.0152. The van der Waals surface area contributed by atoms with Crippen molar-refractivity contribution in [1.29, 1.82) is 0 Å². The molecule has 2 N–H and O–H groups in total. The number of amides is 2. The number of hydrogen-bond donors (Lipinski definition) is 2. The van der Waals surface area contributed by atoms with Gasteiger partial charge >= 0.3 is 0 Å². The molecule has 27 heavy (non-hydrogen) atoms. The zero-order chi connectivity index (χ0) is 18.8. The number of para-hydroxylation sites is 1. The Labute approximate surface area is 156 Å². The fraction of sp³-hybridized carbons (Fsp3) is 0.190. The largest absolute Gasteiger partial charge is 0.459 e. The van der Waals surface area contributed by atoms with E-state index in [1.807, 2.05) is 37.3 Å². The Bertz CT molecular complexity index is 1070. The molecule has 0 saturated carbocycles. The predicted molar refractivity (Wildman–Crippen MR) is 103 cm³/mol. The number of nitrogens with zero attached hydrogens (tertiary/aromatic N) is 1. The van der Waals surface area contributed by atoms with Crippen LogP contribution < -0.4 is 10.6 Å². The van der Waals surface area contributed by atoms with Crippen molar-refractivity contribution < 1.29 is 14.0 Å². The van der Waals surface area contributed by atoms with Gasteiger partial charge in [-0.3, -0.25) is 9.59 Å². The topological polar surface area (TPSA) is 84.2 Å². The molecule has 0 unspecified atom stereocenters. The number of carbonyl (C=O) groups excluding carboxylic acids is 2. The number of fused-ring (bicyclic) bond motifs is 2. The number of nitrogens with one attached hydrogen (secondary N) is 2. The fourth-order valence-corrected chi connectivity index (χ4v) is 3.16. The summed E-state index contributed by atoms with van der Waals surface area (Å²) in [5, 5.41) is 6.64. The van der Waals surface area contributed by atoms with Crippen LogP contribution in [-0.4, -0.2) is 16.8 Å². The van der Waals surface area contributed by atoms with Crippen LogP contribution in [0.4, 0.5) is 5.82 Å². The lowest BCUT2D eigenvalue weighted by molar-refractivity contribution is -0.117. The third-order valence-electron chi connectivity index (χ3n) is 4.66. The van der Waals surface area contributed by atoms with Gasteiger partial charge in [0.15, 0.2) is 0 Å². The van der Waals surface area contributed by atoms with Crippen molar-refractivity contribution in [3.05, 3.63) is 65.1 Å². The number of pyridine rings is 1. The SMILES string of the molecule is Cc1c(CNC(=O)/C=C/c2cnc3c(c2)CCC(=O)N3)oc2ccccc12. The van der Waals surface area contributed by atoms with Crippen LogP contribution in [0.3, 0.4) is 0 Å². The van der Waals surface area contributed by atoms with E-state index in [1.54, 1.807) is 12.3 Å². The maximum atomic E-state index is 12.1. The van der Waals surface area contributed by atoms with Crippen molar-refractivity contribution in [2.45, 2.75) is 26.3 Å². The van der Waals surface area contributed by atoms with Crippen LogP contribution in [0.25, 0.3) is 17.0 Å². The van der Waals surface area contributed by atoms with Crippen LogP contribution in [-0.2, 0) is 22.6 Å². The molecule has 0 aliphatic carbocycles. The van der Waals surface area contributed by atoms with E-state index in [4.69, 9.17) is 4.42 Å². The summed E-state index contributed by atoms with van der Waals surface area (Å²) in [4.78, 5) is 27.7. The molecule has 6 heteroatoms. The summed E-state index contributed by atoms with van der Waals surface area (Å²) < 4.78 is 5.80. The predicted octanol–water partition coefficient (Wildman–Crippen LogP) is 3.35. The number of hydrogen-bond acceptors (Lipinski definition) is 4. The van der Waals surface area contributed by atoms with E-state index in [2.05, 4.69) is 15.6 Å². The fourth-order valence-electron chi connectivity index (χ4n) is 3.16. The van der Waals surface area contributed by atoms with Crippen LogP contribution in [0.15, 0.2) is 47.0 Å². The molecule has 6 nitrogen and oxygen atoms in total. The lowest BCUT2D eigenvalue weighted by atomic mass is 10.0. The van der Waals surface area contributed by atoms with E-state index in [-0.39, 0.29) is 11.8 Å². The first-order valence-corrected chi connectivity index (χ1v) is 8.82. The number of carbonyl (C=O) groups is 2. The molecule has 1 aromatic carbocycles. The lowest BCUT2D eigenvalue weighted by Crippen LogP contribution is -2.20. The Morgan fingerprint density at radius 2 is 2.19 bits per heavy atom. The van der Waals surface area contributed by atoms with Gasteiger partial charge in [0.2, 0.25) is 11.8 Å². The number of furan rings is 1. The summed E-state index contributed by atoms with van der Waals surface area (Å²) >= 11 is 0. The molecule has 136 valence electrons. The number of anilines is 1. The van der Waals surface area contributed by atoms with E-state index >= 15 is 0 Å². The van der Waals surface area contributed by atoms with E-state index in [9.17, 15) is 9.59 Å². The molecule has 1 aliphatic rings. The zero-order valence-corrected chi connectivity index (χ0v) is 14.9. The van der Waals surface area contributed by atoms with Gasteiger partial charge in [-0.15, -0.1) is 0 Å². The molecule has 4 rings (SSSR count). The van der Waals surface area contributed by atoms with Crippen molar-refractivity contribution in [1.82, 2.24) is 10.3 Å². The van der Waals surface area contributed by atoms with Gasteiger partial charge in [0.1, 0.15) is 17.2 Å². The van der Waals surface area contributed by atoms with Gasteiger partial charge in [0.05, 0.1) is 6.54 Å². The molecule has 0 radical (unpaired) electrons. The Morgan fingerprint density at radius 3 is 3.04 bits per heavy atom. The summed E-state index contributed by atoms with van der Waals surface area (Å²) in [6.45, 7) is 2.32. The normalized spacial score (nSPS) is 13.6. The highest BCUT2D eigenvalue weighted by Crippen LogP contribution is 2.24. The van der Waals surface area contributed by atoms with Gasteiger partial charge < -0.3 is 15.1 Å². The molecule has 1 aliphatic heterocycles. The number of benzene rings is 1. The maximum Gasteiger partial charge on any atom is 0.244 e. The minimum atomic E-state index is -0.208. The molecular formula is C21H19N3O3. The second-order valence-corrected chi connectivity index (χ2v) is 6.52. The molecule has 0 bridgehead atoms. The van der Waals surface area contributed by atoms with Crippen LogP contribution >= 0.6 is 0 Å². The number of aromatic nitrogens is 1. The monoisotopic (exact) mass is 361 g/mol. The second-order valence-electron chi connectivity index (χ2n) is 6.52. The molecule has 3 aromatic rings. The molecule has 2 amide bonds.